The minimum absolute atomic E-state index is 0.0652. The highest BCUT2D eigenvalue weighted by Crippen LogP contribution is 2.26. The Hall–Kier alpha value is -1.84. The van der Waals surface area contributed by atoms with E-state index in [1.54, 1.807) is 0 Å². The fraction of sp³-hybridized carbons (Fsp3) is 0.556. The Morgan fingerprint density at radius 2 is 1.95 bits per heavy atom. The molecule has 2 rings (SSSR count). The van der Waals surface area contributed by atoms with Crippen LogP contribution in [0.3, 0.4) is 0 Å². The number of nitrogens with one attached hydrogen (secondary N) is 2. The van der Waals surface area contributed by atoms with Gasteiger partial charge in [-0.3, -0.25) is 9.59 Å². The van der Waals surface area contributed by atoms with Crippen LogP contribution in [0.15, 0.2) is 24.3 Å². The third kappa shape index (κ3) is 5.17. The van der Waals surface area contributed by atoms with Crippen molar-refractivity contribution in [1.82, 2.24) is 5.32 Å². The number of hydrogen-bond acceptors (Lipinski definition) is 2. The van der Waals surface area contributed by atoms with Crippen LogP contribution in [0.5, 0.6) is 0 Å². The lowest BCUT2D eigenvalue weighted by molar-refractivity contribution is -0.122. The minimum atomic E-state index is 0.0652. The van der Waals surface area contributed by atoms with Crippen molar-refractivity contribution in [3.63, 3.8) is 0 Å². The minimum Gasteiger partial charge on any atom is -0.352 e. The van der Waals surface area contributed by atoms with Gasteiger partial charge in [-0.1, -0.05) is 38.8 Å². The summed E-state index contributed by atoms with van der Waals surface area (Å²) in [6.45, 7) is 4.55. The number of amides is 2. The molecule has 0 unspecified atom stereocenters. The number of anilines is 1. The van der Waals surface area contributed by atoms with Gasteiger partial charge >= 0.3 is 0 Å². The molecule has 4 nitrogen and oxygen atoms in total. The summed E-state index contributed by atoms with van der Waals surface area (Å²) in [5.41, 5.74) is 1.81. The van der Waals surface area contributed by atoms with Crippen LogP contribution in [0, 0.1) is 11.8 Å². The number of benzene rings is 1. The summed E-state index contributed by atoms with van der Waals surface area (Å²) in [7, 11) is 0. The fourth-order valence-electron chi connectivity index (χ4n) is 2.83. The molecule has 4 heteroatoms. The van der Waals surface area contributed by atoms with E-state index < -0.39 is 0 Å². The zero-order valence-electron chi connectivity index (χ0n) is 13.5. The molecule has 0 heterocycles. The smallest absolute Gasteiger partial charge is 0.227 e. The second-order valence-electron chi connectivity index (χ2n) is 6.55. The first-order valence-corrected chi connectivity index (χ1v) is 8.21. The van der Waals surface area contributed by atoms with Crippen molar-refractivity contribution >= 4 is 17.5 Å². The Morgan fingerprint density at radius 1 is 1.23 bits per heavy atom. The van der Waals surface area contributed by atoms with Crippen LogP contribution in [0.2, 0.25) is 0 Å². The molecule has 0 aromatic heterocycles. The summed E-state index contributed by atoms with van der Waals surface area (Å²) >= 11 is 0. The monoisotopic (exact) mass is 302 g/mol. The zero-order valence-corrected chi connectivity index (χ0v) is 13.5. The number of rotatable bonds is 6. The highest BCUT2D eigenvalue weighted by Gasteiger charge is 2.22. The van der Waals surface area contributed by atoms with Gasteiger partial charge in [-0.15, -0.1) is 0 Å². The van der Waals surface area contributed by atoms with Crippen molar-refractivity contribution in [2.45, 2.75) is 52.5 Å². The molecule has 0 saturated heterocycles. The highest BCUT2D eigenvalue weighted by atomic mass is 16.2. The Balaban J connectivity index is 1.86. The Kier molecular flexibility index (Phi) is 5.99. The second kappa shape index (κ2) is 7.97. The van der Waals surface area contributed by atoms with Gasteiger partial charge in [-0.2, -0.15) is 0 Å². The maximum Gasteiger partial charge on any atom is 0.227 e. The molecule has 2 N–H and O–H groups in total. The molecule has 1 aromatic carbocycles. The molecule has 2 amide bonds. The third-order valence-corrected chi connectivity index (χ3v) is 4.00. The van der Waals surface area contributed by atoms with Crippen molar-refractivity contribution in [3.8, 4) is 0 Å². The van der Waals surface area contributed by atoms with Gasteiger partial charge in [-0.05, 0) is 36.5 Å². The molecule has 1 aliphatic rings. The van der Waals surface area contributed by atoms with Crippen LogP contribution in [0.4, 0.5) is 5.69 Å². The van der Waals surface area contributed by atoms with Crippen LogP contribution >= 0.6 is 0 Å². The maximum atomic E-state index is 12.1. The van der Waals surface area contributed by atoms with E-state index in [4.69, 9.17) is 0 Å². The lowest BCUT2D eigenvalue weighted by Crippen LogP contribution is -2.24. The average molecular weight is 302 g/mol. The number of carbonyl (C=O) groups is 2. The van der Waals surface area contributed by atoms with E-state index in [1.165, 1.54) is 0 Å². The van der Waals surface area contributed by atoms with E-state index in [1.807, 2.05) is 38.1 Å². The molecule has 1 fully saturated rings. The highest BCUT2D eigenvalue weighted by molar-refractivity contribution is 5.92. The molecule has 1 aliphatic carbocycles. The van der Waals surface area contributed by atoms with Gasteiger partial charge in [0, 0.05) is 24.6 Å². The first kappa shape index (κ1) is 16.5. The van der Waals surface area contributed by atoms with E-state index in [2.05, 4.69) is 10.6 Å². The van der Waals surface area contributed by atoms with Gasteiger partial charge in [-0.25, -0.2) is 0 Å². The second-order valence-corrected chi connectivity index (χ2v) is 6.55. The summed E-state index contributed by atoms with van der Waals surface area (Å²) in [6, 6.07) is 7.70. The standard InChI is InChI=1S/C18H26N2O2/c1-13(2)10-17(21)19-12-14-6-5-9-16(11-14)20-18(22)15-7-3-4-8-15/h5-6,9,11,13,15H,3-4,7-8,10,12H2,1-2H3,(H,19,21)(H,20,22). The molecule has 120 valence electrons. The van der Waals surface area contributed by atoms with Crippen molar-refractivity contribution in [3.05, 3.63) is 29.8 Å². The van der Waals surface area contributed by atoms with Crippen molar-refractivity contribution < 1.29 is 9.59 Å². The van der Waals surface area contributed by atoms with Crippen LogP contribution in [0.25, 0.3) is 0 Å². The maximum absolute atomic E-state index is 12.1. The predicted octanol–water partition coefficient (Wildman–Crippen LogP) is 3.48. The van der Waals surface area contributed by atoms with Crippen molar-refractivity contribution in [2.24, 2.45) is 11.8 Å². The van der Waals surface area contributed by atoms with Gasteiger partial charge in [0.1, 0.15) is 0 Å². The van der Waals surface area contributed by atoms with E-state index in [-0.39, 0.29) is 17.7 Å². The Bertz CT molecular complexity index is 520. The first-order chi connectivity index (χ1) is 10.5. The summed E-state index contributed by atoms with van der Waals surface area (Å²) in [5, 5.41) is 5.91. The van der Waals surface area contributed by atoms with Crippen LogP contribution in [0.1, 0.15) is 51.5 Å². The van der Waals surface area contributed by atoms with Crippen LogP contribution in [-0.2, 0) is 16.1 Å². The molecule has 0 atom stereocenters. The average Bonchev–Trinajstić information content (AvgIpc) is 2.99. The number of carbonyl (C=O) groups excluding carboxylic acids is 2. The summed E-state index contributed by atoms with van der Waals surface area (Å²) < 4.78 is 0. The molecule has 1 aromatic rings. The SMILES string of the molecule is CC(C)CC(=O)NCc1cccc(NC(=O)C2CCCC2)c1. The predicted molar refractivity (Wildman–Crippen MR) is 88.3 cm³/mol. The van der Waals surface area contributed by atoms with E-state index in [0.717, 1.165) is 36.9 Å². The Morgan fingerprint density at radius 3 is 2.64 bits per heavy atom. The lowest BCUT2D eigenvalue weighted by atomic mass is 10.1. The van der Waals surface area contributed by atoms with Gasteiger partial charge in [0.05, 0.1) is 0 Å². The third-order valence-electron chi connectivity index (χ3n) is 4.00. The zero-order chi connectivity index (χ0) is 15.9. The van der Waals surface area contributed by atoms with Crippen molar-refractivity contribution in [2.75, 3.05) is 5.32 Å². The van der Waals surface area contributed by atoms with Crippen LogP contribution in [-0.4, -0.2) is 11.8 Å². The lowest BCUT2D eigenvalue weighted by Gasteiger charge is -2.12. The van der Waals surface area contributed by atoms with Crippen LogP contribution < -0.4 is 10.6 Å². The van der Waals surface area contributed by atoms with E-state index >= 15 is 0 Å². The summed E-state index contributed by atoms with van der Waals surface area (Å²) in [6.07, 6.45) is 4.84. The summed E-state index contributed by atoms with van der Waals surface area (Å²) in [4.78, 5) is 23.8. The molecular weight excluding hydrogens is 276 g/mol. The van der Waals surface area contributed by atoms with Gasteiger partial charge in [0.25, 0.3) is 0 Å². The Labute approximate surface area is 132 Å². The molecule has 22 heavy (non-hydrogen) atoms. The van der Waals surface area contributed by atoms with Crippen molar-refractivity contribution in [1.29, 1.82) is 0 Å². The molecule has 0 spiro atoms. The van der Waals surface area contributed by atoms with E-state index in [9.17, 15) is 9.59 Å². The van der Waals surface area contributed by atoms with Gasteiger partial charge in [0.15, 0.2) is 0 Å². The largest absolute Gasteiger partial charge is 0.352 e. The quantitative estimate of drug-likeness (QED) is 0.845. The normalized spacial score (nSPS) is 15.0. The van der Waals surface area contributed by atoms with Gasteiger partial charge in [0.2, 0.25) is 11.8 Å². The topological polar surface area (TPSA) is 58.2 Å². The van der Waals surface area contributed by atoms with Gasteiger partial charge < -0.3 is 10.6 Å². The molecule has 0 radical (unpaired) electrons. The number of hydrogen-bond donors (Lipinski definition) is 2. The molecule has 1 saturated carbocycles. The summed E-state index contributed by atoms with van der Waals surface area (Å²) in [5.74, 6) is 0.709. The molecule has 0 aliphatic heterocycles. The molecule has 0 bridgehead atoms. The first-order valence-electron chi connectivity index (χ1n) is 8.21. The molecular formula is C18H26N2O2. The van der Waals surface area contributed by atoms with E-state index in [0.29, 0.717) is 18.9 Å². The fourth-order valence-corrected chi connectivity index (χ4v) is 2.83.